The molecule has 1 aromatic heterocycles. The molecule has 1 aliphatic rings. The van der Waals surface area contributed by atoms with Crippen LogP contribution in [0.1, 0.15) is 53.4 Å². The number of fused-ring (bicyclic) bond motifs is 2. The molecule has 0 fully saturated rings. The van der Waals surface area contributed by atoms with E-state index < -0.39 is 5.97 Å². The first-order valence-electron chi connectivity index (χ1n) is 7.46. The number of aryl methyl sites for hydroxylation is 2. The average molecular weight is 310 g/mol. The summed E-state index contributed by atoms with van der Waals surface area (Å²) < 4.78 is 5.55. The summed E-state index contributed by atoms with van der Waals surface area (Å²) in [5.41, 5.74) is 3.74. The van der Waals surface area contributed by atoms with Crippen molar-refractivity contribution in [2.75, 3.05) is 0 Å². The van der Waals surface area contributed by atoms with E-state index in [2.05, 4.69) is 6.92 Å². The molecule has 1 aromatic carbocycles. The SMILES string of the molecule is CCCc1c2c(cc3c(=O)cc(C(=O)O)oc13)CCCC2.[NaH]. The van der Waals surface area contributed by atoms with E-state index in [1.165, 1.54) is 11.1 Å². The Morgan fingerprint density at radius 3 is 2.68 bits per heavy atom. The number of hydrogen-bond acceptors (Lipinski definition) is 3. The molecule has 4 nitrogen and oxygen atoms in total. The molecule has 112 valence electrons. The van der Waals surface area contributed by atoms with Gasteiger partial charge in [0.15, 0.2) is 5.43 Å². The Hall–Kier alpha value is -1.10. The molecule has 2 aromatic rings. The molecule has 22 heavy (non-hydrogen) atoms. The molecule has 0 aliphatic heterocycles. The van der Waals surface area contributed by atoms with Crippen molar-refractivity contribution in [1.82, 2.24) is 0 Å². The molecule has 0 saturated heterocycles. The Balaban J connectivity index is 0.00000176. The van der Waals surface area contributed by atoms with Crippen LogP contribution in [0.25, 0.3) is 11.0 Å². The van der Waals surface area contributed by atoms with Gasteiger partial charge in [-0.1, -0.05) is 13.3 Å². The fourth-order valence-electron chi connectivity index (χ4n) is 3.23. The van der Waals surface area contributed by atoms with Crippen molar-refractivity contribution in [2.45, 2.75) is 45.4 Å². The van der Waals surface area contributed by atoms with Crippen molar-refractivity contribution in [3.63, 3.8) is 0 Å². The van der Waals surface area contributed by atoms with E-state index in [4.69, 9.17) is 9.52 Å². The number of rotatable bonds is 3. The van der Waals surface area contributed by atoms with Gasteiger partial charge in [-0.3, -0.25) is 4.79 Å². The van der Waals surface area contributed by atoms with Crippen LogP contribution < -0.4 is 5.43 Å². The van der Waals surface area contributed by atoms with Gasteiger partial charge < -0.3 is 9.52 Å². The molecule has 0 atom stereocenters. The van der Waals surface area contributed by atoms with Crippen molar-refractivity contribution < 1.29 is 14.3 Å². The van der Waals surface area contributed by atoms with Crippen LogP contribution in [0.15, 0.2) is 21.3 Å². The topological polar surface area (TPSA) is 67.5 Å². The van der Waals surface area contributed by atoms with E-state index in [0.29, 0.717) is 11.0 Å². The van der Waals surface area contributed by atoms with Crippen LogP contribution in [-0.4, -0.2) is 40.6 Å². The van der Waals surface area contributed by atoms with Crippen molar-refractivity contribution in [3.8, 4) is 0 Å². The molecular weight excluding hydrogens is 291 g/mol. The second-order valence-electron chi connectivity index (χ2n) is 5.61. The third kappa shape index (κ3) is 3.00. The van der Waals surface area contributed by atoms with Gasteiger partial charge in [0, 0.05) is 6.07 Å². The number of aromatic carboxylic acids is 1. The van der Waals surface area contributed by atoms with Crippen LogP contribution >= 0.6 is 0 Å². The molecule has 0 radical (unpaired) electrons. The third-order valence-corrected chi connectivity index (χ3v) is 4.16. The number of carbonyl (C=O) groups is 1. The normalized spacial score (nSPS) is 13.5. The summed E-state index contributed by atoms with van der Waals surface area (Å²) in [6, 6.07) is 2.98. The molecular formula is C17H19NaO4. The van der Waals surface area contributed by atoms with Gasteiger partial charge in [0.1, 0.15) is 5.58 Å². The van der Waals surface area contributed by atoms with Crippen LogP contribution in [0.2, 0.25) is 0 Å². The van der Waals surface area contributed by atoms with E-state index in [0.717, 1.165) is 50.2 Å². The zero-order valence-corrected chi connectivity index (χ0v) is 12.1. The monoisotopic (exact) mass is 310 g/mol. The second kappa shape index (κ2) is 6.99. The Bertz CT molecular complexity index is 776. The second-order valence-corrected chi connectivity index (χ2v) is 5.61. The summed E-state index contributed by atoms with van der Waals surface area (Å²) in [7, 11) is 0. The first-order valence-corrected chi connectivity index (χ1v) is 7.46. The molecule has 1 heterocycles. The molecule has 1 N–H and O–H groups in total. The number of benzene rings is 1. The third-order valence-electron chi connectivity index (χ3n) is 4.16. The summed E-state index contributed by atoms with van der Waals surface area (Å²) in [6.07, 6.45) is 6.00. The van der Waals surface area contributed by atoms with Crippen LogP contribution in [0.4, 0.5) is 0 Å². The van der Waals surface area contributed by atoms with Crippen LogP contribution in [-0.2, 0) is 19.3 Å². The van der Waals surface area contributed by atoms with Crippen LogP contribution in [0.5, 0.6) is 0 Å². The van der Waals surface area contributed by atoms with E-state index in [-0.39, 0.29) is 40.7 Å². The summed E-state index contributed by atoms with van der Waals surface area (Å²) in [5, 5.41) is 9.61. The number of carboxylic acids is 1. The molecule has 0 unspecified atom stereocenters. The van der Waals surface area contributed by atoms with Gasteiger partial charge in [-0.2, -0.15) is 0 Å². The van der Waals surface area contributed by atoms with Crippen LogP contribution in [0.3, 0.4) is 0 Å². The molecule has 0 amide bonds. The average Bonchev–Trinajstić information content (AvgIpc) is 2.47. The van der Waals surface area contributed by atoms with Gasteiger partial charge >= 0.3 is 35.5 Å². The summed E-state index contributed by atoms with van der Waals surface area (Å²) in [4.78, 5) is 23.3. The predicted molar refractivity (Wildman–Crippen MR) is 87.2 cm³/mol. The zero-order chi connectivity index (χ0) is 15.0. The van der Waals surface area contributed by atoms with Crippen LogP contribution in [0, 0.1) is 0 Å². The summed E-state index contributed by atoms with van der Waals surface area (Å²) in [5.74, 6) is -1.48. The van der Waals surface area contributed by atoms with Crippen molar-refractivity contribution in [3.05, 3.63) is 44.8 Å². The van der Waals surface area contributed by atoms with Gasteiger partial charge in [0.25, 0.3) is 0 Å². The van der Waals surface area contributed by atoms with E-state index >= 15 is 0 Å². The quantitative estimate of drug-likeness (QED) is 0.885. The predicted octanol–water partition coefficient (Wildman–Crippen LogP) is 2.67. The van der Waals surface area contributed by atoms with Gasteiger partial charge in [0.05, 0.1) is 5.39 Å². The fourth-order valence-corrected chi connectivity index (χ4v) is 3.23. The fraction of sp³-hybridized carbons (Fsp3) is 0.412. The minimum atomic E-state index is -1.20. The van der Waals surface area contributed by atoms with Crippen molar-refractivity contribution in [1.29, 1.82) is 0 Å². The Morgan fingerprint density at radius 1 is 1.27 bits per heavy atom. The summed E-state index contributed by atoms with van der Waals surface area (Å²) in [6.45, 7) is 2.08. The van der Waals surface area contributed by atoms with Crippen molar-refractivity contribution in [2.24, 2.45) is 0 Å². The number of hydrogen-bond donors (Lipinski definition) is 1. The Labute approximate surface area is 150 Å². The first kappa shape index (κ1) is 17.3. The first-order chi connectivity index (χ1) is 10.1. The zero-order valence-electron chi connectivity index (χ0n) is 12.1. The maximum atomic E-state index is 12.2. The molecule has 5 heteroatoms. The van der Waals surface area contributed by atoms with Gasteiger partial charge in [-0.25, -0.2) is 4.79 Å². The number of carboxylic acid groups (broad SMARTS) is 1. The standard InChI is InChI=1S/C17H18O4.Na.H/c1-2-5-12-11-7-4-3-6-10(11)8-13-14(18)9-15(17(19)20)21-16(12)13;;/h8-9H,2-7H2,1H3,(H,19,20);;. The van der Waals surface area contributed by atoms with E-state index in [1.807, 2.05) is 6.07 Å². The van der Waals surface area contributed by atoms with Crippen molar-refractivity contribution >= 4 is 46.5 Å². The molecule has 0 bridgehead atoms. The van der Waals surface area contributed by atoms with E-state index in [9.17, 15) is 9.59 Å². The summed E-state index contributed by atoms with van der Waals surface area (Å²) >= 11 is 0. The molecule has 3 rings (SSSR count). The molecule has 1 aliphatic carbocycles. The van der Waals surface area contributed by atoms with E-state index in [1.54, 1.807) is 0 Å². The molecule has 0 saturated carbocycles. The van der Waals surface area contributed by atoms with Gasteiger partial charge in [0.2, 0.25) is 5.76 Å². The molecule has 0 spiro atoms. The van der Waals surface area contributed by atoms with Gasteiger partial charge in [-0.15, -0.1) is 0 Å². The van der Waals surface area contributed by atoms with Gasteiger partial charge in [-0.05, 0) is 54.9 Å². The Morgan fingerprint density at radius 2 is 2.00 bits per heavy atom. The maximum absolute atomic E-state index is 12.2. The minimum absolute atomic E-state index is 0. The Kier molecular flexibility index (Phi) is 5.48.